The van der Waals surface area contributed by atoms with E-state index >= 15 is 0 Å². The van der Waals surface area contributed by atoms with Gasteiger partial charge < -0.3 is 9.84 Å². The first kappa shape index (κ1) is 12.4. The number of nitrogens with zero attached hydrogens (tertiary/aromatic N) is 1. The number of carboxylic acid groups (broad SMARTS) is 1. The molecule has 4 heteroatoms. The van der Waals surface area contributed by atoms with Gasteiger partial charge in [0, 0.05) is 12.6 Å². The molecule has 0 amide bonds. The molecular weight excluding hydrogens is 230 g/mol. The largest absolute Gasteiger partial charge is 0.480 e. The highest BCUT2D eigenvalue weighted by atomic mass is 16.5. The second-order valence-electron chi connectivity index (χ2n) is 6.08. The van der Waals surface area contributed by atoms with Crippen molar-refractivity contribution in [2.45, 2.75) is 50.6 Å². The van der Waals surface area contributed by atoms with Crippen molar-refractivity contribution in [1.29, 1.82) is 0 Å². The molecule has 4 nitrogen and oxygen atoms in total. The molecule has 18 heavy (non-hydrogen) atoms. The third-order valence-corrected chi connectivity index (χ3v) is 4.90. The fraction of sp³-hybridized carbons (Fsp3) is 0.929. The monoisotopic (exact) mass is 253 g/mol. The quantitative estimate of drug-likeness (QED) is 0.832. The zero-order chi connectivity index (χ0) is 12.5. The van der Waals surface area contributed by atoms with Gasteiger partial charge in [-0.3, -0.25) is 9.69 Å². The Morgan fingerprint density at radius 2 is 2.00 bits per heavy atom. The molecular formula is C14H23NO3. The summed E-state index contributed by atoms with van der Waals surface area (Å²) in [6.45, 7) is 1.84. The minimum atomic E-state index is -0.719. The maximum Gasteiger partial charge on any atom is 0.323 e. The Kier molecular flexibility index (Phi) is 3.57. The lowest BCUT2D eigenvalue weighted by Gasteiger charge is -2.42. The van der Waals surface area contributed by atoms with Gasteiger partial charge in [0.25, 0.3) is 0 Å². The van der Waals surface area contributed by atoms with Crippen molar-refractivity contribution < 1.29 is 14.6 Å². The second kappa shape index (κ2) is 5.17. The minimum absolute atomic E-state index is 0.361. The van der Waals surface area contributed by atoms with Crippen LogP contribution in [0.4, 0.5) is 0 Å². The lowest BCUT2D eigenvalue weighted by Crippen LogP contribution is -2.55. The second-order valence-corrected chi connectivity index (χ2v) is 6.08. The normalized spacial score (nSPS) is 38.6. The van der Waals surface area contributed by atoms with Crippen molar-refractivity contribution >= 4 is 5.97 Å². The van der Waals surface area contributed by atoms with Gasteiger partial charge in [0.2, 0.25) is 0 Å². The summed E-state index contributed by atoms with van der Waals surface area (Å²) in [5.41, 5.74) is 0. The molecule has 0 spiro atoms. The molecule has 3 atom stereocenters. The van der Waals surface area contributed by atoms with Crippen molar-refractivity contribution in [3.63, 3.8) is 0 Å². The van der Waals surface area contributed by atoms with Crippen LogP contribution in [0.3, 0.4) is 0 Å². The molecule has 0 radical (unpaired) electrons. The maximum atomic E-state index is 11.3. The van der Waals surface area contributed by atoms with E-state index in [0.29, 0.717) is 19.3 Å². The fourth-order valence-electron chi connectivity index (χ4n) is 3.76. The van der Waals surface area contributed by atoms with Gasteiger partial charge in [-0.1, -0.05) is 12.8 Å². The molecule has 0 aromatic heterocycles. The molecule has 1 heterocycles. The molecule has 2 aliphatic carbocycles. The third-order valence-electron chi connectivity index (χ3n) is 4.90. The number of aliphatic carboxylic acids is 1. The molecule has 3 unspecified atom stereocenters. The smallest absolute Gasteiger partial charge is 0.323 e. The molecule has 0 aromatic carbocycles. The van der Waals surface area contributed by atoms with Crippen molar-refractivity contribution in [2.75, 3.05) is 19.8 Å². The standard InChI is InChI=1S/C14H23NO3/c16-14(17)13-9-18-7-6-15(13)12-3-1-2-11(8-12)10-4-5-10/h10-13H,1-9H2,(H,16,17). The number of morpholine rings is 1. The molecule has 3 fully saturated rings. The molecule has 3 aliphatic rings. The Hall–Kier alpha value is -0.610. The predicted octanol–water partition coefficient (Wildman–Crippen LogP) is 1.74. The van der Waals surface area contributed by atoms with Crippen LogP contribution in [0.2, 0.25) is 0 Å². The molecule has 1 N–H and O–H groups in total. The summed E-state index contributed by atoms with van der Waals surface area (Å²) in [6.07, 6.45) is 7.84. The number of hydrogen-bond donors (Lipinski definition) is 1. The lowest BCUT2D eigenvalue weighted by atomic mass is 9.81. The summed E-state index contributed by atoms with van der Waals surface area (Å²) < 4.78 is 5.33. The molecule has 1 saturated heterocycles. The van der Waals surface area contributed by atoms with Gasteiger partial charge in [-0.2, -0.15) is 0 Å². The van der Waals surface area contributed by atoms with Gasteiger partial charge in [-0.05, 0) is 37.5 Å². The van der Waals surface area contributed by atoms with Gasteiger partial charge in [-0.15, -0.1) is 0 Å². The van der Waals surface area contributed by atoms with Crippen molar-refractivity contribution in [3.05, 3.63) is 0 Å². The first-order valence-corrected chi connectivity index (χ1v) is 7.32. The Morgan fingerprint density at radius 3 is 2.72 bits per heavy atom. The Balaban J connectivity index is 1.65. The van der Waals surface area contributed by atoms with Crippen LogP contribution in [0, 0.1) is 11.8 Å². The Bertz CT molecular complexity index is 316. The van der Waals surface area contributed by atoms with Crippen LogP contribution in [0.25, 0.3) is 0 Å². The topological polar surface area (TPSA) is 49.8 Å². The number of ether oxygens (including phenoxy) is 1. The van der Waals surface area contributed by atoms with Crippen LogP contribution in [-0.4, -0.2) is 47.8 Å². The van der Waals surface area contributed by atoms with Crippen molar-refractivity contribution in [2.24, 2.45) is 11.8 Å². The molecule has 102 valence electrons. The average Bonchev–Trinajstić information content (AvgIpc) is 3.23. The Labute approximate surface area is 108 Å². The van der Waals surface area contributed by atoms with E-state index in [-0.39, 0.29) is 0 Å². The molecule has 0 bridgehead atoms. The van der Waals surface area contributed by atoms with E-state index in [1.165, 1.54) is 38.5 Å². The van der Waals surface area contributed by atoms with Gasteiger partial charge in [0.1, 0.15) is 6.04 Å². The van der Waals surface area contributed by atoms with Crippen molar-refractivity contribution in [1.82, 2.24) is 4.90 Å². The van der Waals surface area contributed by atoms with Gasteiger partial charge >= 0.3 is 5.97 Å². The SMILES string of the molecule is O=C(O)C1COCCN1C1CCCC(C2CC2)C1. The van der Waals surface area contributed by atoms with E-state index in [1.807, 2.05) is 0 Å². The zero-order valence-corrected chi connectivity index (χ0v) is 10.9. The average molecular weight is 253 g/mol. The number of hydrogen-bond acceptors (Lipinski definition) is 3. The van der Waals surface area contributed by atoms with E-state index in [0.717, 1.165) is 18.4 Å². The third kappa shape index (κ3) is 2.54. The number of rotatable bonds is 3. The van der Waals surface area contributed by atoms with Crippen LogP contribution >= 0.6 is 0 Å². The van der Waals surface area contributed by atoms with Gasteiger partial charge in [0.05, 0.1) is 13.2 Å². The summed E-state index contributed by atoms with van der Waals surface area (Å²) in [5, 5.41) is 9.31. The van der Waals surface area contributed by atoms with E-state index < -0.39 is 12.0 Å². The highest BCUT2D eigenvalue weighted by Gasteiger charge is 2.40. The first-order valence-electron chi connectivity index (χ1n) is 7.32. The summed E-state index contributed by atoms with van der Waals surface area (Å²) in [7, 11) is 0. The van der Waals surface area contributed by atoms with E-state index in [9.17, 15) is 9.90 Å². The molecule has 1 aliphatic heterocycles. The predicted molar refractivity (Wildman–Crippen MR) is 67.4 cm³/mol. The lowest BCUT2D eigenvalue weighted by molar-refractivity contribution is -0.152. The van der Waals surface area contributed by atoms with Crippen LogP contribution in [0.1, 0.15) is 38.5 Å². The molecule has 3 rings (SSSR count). The van der Waals surface area contributed by atoms with Crippen LogP contribution in [-0.2, 0) is 9.53 Å². The van der Waals surface area contributed by atoms with Crippen LogP contribution in [0.5, 0.6) is 0 Å². The number of carbonyl (C=O) groups is 1. The zero-order valence-electron chi connectivity index (χ0n) is 10.9. The Morgan fingerprint density at radius 1 is 1.17 bits per heavy atom. The molecule has 2 saturated carbocycles. The van der Waals surface area contributed by atoms with E-state index in [2.05, 4.69) is 4.90 Å². The highest BCUT2D eigenvalue weighted by Crippen LogP contribution is 2.45. The highest BCUT2D eigenvalue weighted by molar-refractivity contribution is 5.73. The minimum Gasteiger partial charge on any atom is -0.480 e. The number of carboxylic acids is 1. The van der Waals surface area contributed by atoms with Crippen LogP contribution in [0.15, 0.2) is 0 Å². The van der Waals surface area contributed by atoms with Crippen molar-refractivity contribution in [3.8, 4) is 0 Å². The molecule has 0 aromatic rings. The van der Waals surface area contributed by atoms with Gasteiger partial charge in [-0.25, -0.2) is 0 Å². The summed E-state index contributed by atoms with van der Waals surface area (Å²) in [4.78, 5) is 13.5. The van der Waals surface area contributed by atoms with Crippen LogP contribution < -0.4 is 0 Å². The van der Waals surface area contributed by atoms with E-state index in [1.54, 1.807) is 0 Å². The van der Waals surface area contributed by atoms with Gasteiger partial charge in [0.15, 0.2) is 0 Å². The first-order chi connectivity index (χ1) is 8.75. The summed E-state index contributed by atoms with van der Waals surface area (Å²) >= 11 is 0. The van der Waals surface area contributed by atoms with E-state index in [4.69, 9.17) is 4.74 Å². The summed E-state index contributed by atoms with van der Waals surface area (Å²) in [6, 6.07) is 0.0658. The summed E-state index contributed by atoms with van der Waals surface area (Å²) in [5.74, 6) is 1.10. The fourth-order valence-corrected chi connectivity index (χ4v) is 3.76. The maximum absolute atomic E-state index is 11.3.